The zero-order valence-electron chi connectivity index (χ0n) is 11.4. The van der Waals surface area contributed by atoms with Gasteiger partial charge in [-0.3, -0.25) is 9.82 Å². The molecule has 0 bridgehead atoms. The number of nitrogens with zero attached hydrogens (tertiary/aromatic N) is 2. The molecule has 22 heavy (non-hydrogen) atoms. The predicted molar refractivity (Wildman–Crippen MR) is 81.2 cm³/mol. The molecule has 0 atom stereocenters. The number of H-pyrrole nitrogens is 1. The molecule has 116 valence electrons. The number of aromatic amines is 1. The summed E-state index contributed by atoms with van der Waals surface area (Å²) in [6.07, 6.45) is 0. The molecule has 0 fully saturated rings. The van der Waals surface area contributed by atoms with E-state index in [-0.39, 0.29) is 23.2 Å². The average Bonchev–Trinajstić information content (AvgIpc) is 3.17. The maximum absolute atomic E-state index is 12.1. The minimum absolute atomic E-state index is 0.179. The Bertz CT molecular complexity index is 851. The Balaban J connectivity index is 1.71. The molecule has 0 aliphatic heterocycles. The molecule has 10 heteroatoms. The number of sulfonamides is 1. The fraction of sp³-hybridized carbons (Fsp3) is 0.167. The Morgan fingerprint density at radius 2 is 2.32 bits per heavy atom. The van der Waals surface area contributed by atoms with Crippen LogP contribution in [0, 0.1) is 0 Å². The van der Waals surface area contributed by atoms with Crippen LogP contribution in [-0.4, -0.2) is 30.9 Å². The molecule has 3 aromatic heterocycles. The van der Waals surface area contributed by atoms with Crippen LogP contribution in [0.2, 0.25) is 0 Å². The molecule has 0 aliphatic rings. The van der Waals surface area contributed by atoms with Gasteiger partial charge >= 0.3 is 0 Å². The third-order valence-electron chi connectivity index (χ3n) is 2.75. The first-order valence-electron chi connectivity index (χ1n) is 6.14. The molecule has 0 radical (unpaired) electrons. The quantitative estimate of drug-likeness (QED) is 0.711. The number of aromatic nitrogens is 3. The monoisotopic (exact) mass is 340 g/mol. The normalized spacial score (nSPS) is 11.5. The summed E-state index contributed by atoms with van der Waals surface area (Å²) in [4.78, 5) is 0. The topological polar surface area (TPSA) is 110 Å². The lowest BCUT2D eigenvalue weighted by molar-refractivity contribution is 0.330. The summed E-state index contributed by atoms with van der Waals surface area (Å²) in [7, 11) is -2.24. The van der Waals surface area contributed by atoms with Gasteiger partial charge in [-0.25, -0.2) is 8.42 Å². The number of hydrogen-bond acceptors (Lipinski definition) is 7. The van der Waals surface area contributed by atoms with E-state index >= 15 is 0 Å². The van der Waals surface area contributed by atoms with Gasteiger partial charge in [0.2, 0.25) is 10.0 Å². The molecule has 0 aliphatic carbocycles. The molecule has 0 saturated carbocycles. The Morgan fingerprint density at radius 3 is 3.00 bits per heavy atom. The second kappa shape index (κ2) is 5.81. The van der Waals surface area contributed by atoms with Crippen molar-refractivity contribution in [2.24, 2.45) is 0 Å². The zero-order valence-corrected chi connectivity index (χ0v) is 13.1. The zero-order chi connectivity index (χ0) is 15.6. The molecule has 0 saturated heterocycles. The molecule has 2 N–H and O–H groups in total. The number of thiophene rings is 1. The number of hydrogen-bond donors (Lipinski definition) is 2. The first-order chi connectivity index (χ1) is 10.6. The molecule has 0 unspecified atom stereocenters. The van der Waals surface area contributed by atoms with E-state index < -0.39 is 10.0 Å². The van der Waals surface area contributed by atoms with Crippen LogP contribution in [0.1, 0.15) is 5.76 Å². The fourth-order valence-electron chi connectivity index (χ4n) is 1.78. The minimum Gasteiger partial charge on any atom is -0.479 e. The minimum atomic E-state index is -3.66. The van der Waals surface area contributed by atoms with E-state index in [0.29, 0.717) is 0 Å². The number of methoxy groups -OCH3 is 1. The summed E-state index contributed by atoms with van der Waals surface area (Å²) in [5, 5.41) is 14.1. The summed E-state index contributed by atoms with van der Waals surface area (Å²) in [6.45, 7) is 0. The lowest BCUT2D eigenvalue weighted by Crippen LogP contribution is -2.15. The van der Waals surface area contributed by atoms with Gasteiger partial charge in [0.15, 0.2) is 11.6 Å². The van der Waals surface area contributed by atoms with Crippen molar-refractivity contribution in [3.63, 3.8) is 0 Å². The van der Waals surface area contributed by atoms with E-state index in [1.807, 2.05) is 16.8 Å². The lowest BCUT2D eigenvalue weighted by atomic mass is 10.2. The molecule has 3 heterocycles. The molecule has 8 nitrogen and oxygen atoms in total. The summed E-state index contributed by atoms with van der Waals surface area (Å²) in [5.41, 5.74) is 1.68. The van der Waals surface area contributed by atoms with Gasteiger partial charge in [0, 0.05) is 23.1 Å². The Labute approximate surface area is 130 Å². The van der Waals surface area contributed by atoms with Crippen molar-refractivity contribution in [3.8, 4) is 17.1 Å². The van der Waals surface area contributed by atoms with E-state index in [1.54, 1.807) is 17.4 Å². The molecule has 3 aromatic rings. The van der Waals surface area contributed by atoms with Gasteiger partial charge in [-0.1, -0.05) is 0 Å². The molecule has 0 spiro atoms. The standard InChI is InChI=1S/C12H12N4O4S2/c1-19-12-4-9(20-15-12)7-22(17,18)16-11-5-10(13-14-11)8-2-3-21-6-8/h2-6H,7H2,1H3,(H2,13,14,16). The number of nitrogens with one attached hydrogen (secondary N) is 2. The highest BCUT2D eigenvalue weighted by Gasteiger charge is 2.17. The molecular formula is C12H12N4O4S2. The molecule has 0 aromatic carbocycles. The predicted octanol–water partition coefficient (Wildman–Crippen LogP) is 2.08. The molecule has 3 rings (SSSR count). The van der Waals surface area contributed by atoms with Gasteiger partial charge in [-0.05, 0) is 16.6 Å². The lowest BCUT2D eigenvalue weighted by Gasteiger charge is -2.01. The average molecular weight is 340 g/mol. The van der Waals surface area contributed by atoms with Crippen molar-refractivity contribution in [3.05, 3.63) is 34.7 Å². The van der Waals surface area contributed by atoms with Gasteiger partial charge in [0.1, 0.15) is 5.75 Å². The van der Waals surface area contributed by atoms with Gasteiger partial charge in [-0.2, -0.15) is 16.4 Å². The van der Waals surface area contributed by atoms with Crippen LogP contribution in [0.25, 0.3) is 11.3 Å². The second-order valence-corrected chi connectivity index (χ2v) is 6.88. The van der Waals surface area contributed by atoms with Crippen LogP contribution in [0.4, 0.5) is 5.82 Å². The van der Waals surface area contributed by atoms with Crippen molar-refractivity contribution in [2.45, 2.75) is 5.75 Å². The largest absolute Gasteiger partial charge is 0.479 e. The number of ether oxygens (including phenoxy) is 1. The highest BCUT2D eigenvalue weighted by Crippen LogP contribution is 2.23. The highest BCUT2D eigenvalue weighted by atomic mass is 32.2. The van der Waals surface area contributed by atoms with Crippen LogP contribution < -0.4 is 9.46 Å². The van der Waals surface area contributed by atoms with Crippen LogP contribution in [-0.2, 0) is 15.8 Å². The van der Waals surface area contributed by atoms with Crippen LogP contribution in [0.3, 0.4) is 0 Å². The second-order valence-electron chi connectivity index (χ2n) is 4.38. The van der Waals surface area contributed by atoms with Crippen molar-refractivity contribution < 1.29 is 17.7 Å². The Morgan fingerprint density at radius 1 is 1.45 bits per heavy atom. The first-order valence-corrected chi connectivity index (χ1v) is 8.73. The summed E-state index contributed by atoms with van der Waals surface area (Å²) >= 11 is 1.55. The van der Waals surface area contributed by atoms with Crippen molar-refractivity contribution in [2.75, 3.05) is 11.8 Å². The first kappa shape index (κ1) is 14.6. The van der Waals surface area contributed by atoms with E-state index in [9.17, 15) is 8.42 Å². The SMILES string of the molecule is COc1cc(CS(=O)(=O)Nc2cc(-c3ccsc3)[nH]n2)on1. The third kappa shape index (κ3) is 3.28. The number of anilines is 1. The summed E-state index contributed by atoms with van der Waals surface area (Å²) in [5.74, 6) is 0.264. The smallest absolute Gasteiger partial charge is 0.254 e. The Kier molecular flexibility index (Phi) is 3.86. The van der Waals surface area contributed by atoms with E-state index in [0.717, 1.165) is 11.3 Å². The van der Waals surface area contributed by atoms with Crippen molar-refractivity contribution in [1.82, 2.24) is 15.4 Å². The third-order valence-corrected chi connectivity index (χ3v) is 4.62. The van der Waals surface area contributed by atoms with E-state index in [4.69, 9.17) is 9.26 Å². The molecular weight excluding hydrogens is 328 g/mol. The molecule has 0 amide bonds. The van der Waals surface area contributed by atoms with Crippen molar-refractivity contribution in [1.29, 1.82) is 0 Å². The van der Waals surface area contributed by atoms with Gasteiger partial charge < -0.3 is 9.26 Å². The van der Waals surface area contributed by atoms with Gasteiger partial charge in [0.05, 0.1) is 12.8 Å². The maximum Gasteiger partial charge on any atom is 0.254 e. The highest BCUT2D eigenvalue weighted by molar-refractivity contribution is 7.91. The van der Waals surface area contributed by atoms with Crippen molar-refractivity contribution >= 4 is 27.2 Å². The van der Waals surface area contributed by atoms with E-state index in [2.05, 4.69) is 20.1 Å². The number of rotatable bonds is 6. The Hall–Kier alpha value is -2.33. The van der Waals surface area contributed by atoms with Crippen LogP contribution >= 0.6 is 11.3 Å². The summed E-state index contributed by atoms with van der Waals surface area (Å²) in [6, 6.07) is 4.96. The fourth-order valence-corrected chi connectivity index (χ4v) is 3.44. The van der Waals surface area contributed by atoms with E-state index in [1.165, 1.54) is 13.2 Å². The van der Waals surface area contributed by atoms with Crippen LogP contribution in [0.15, 0.2) is 33.5 Å². The van der Waals surface area contributed by atoms with Gasteiger partial charge in [0.25, 0.3) is 5.88 Å². The van der Waals surface area contributed by atoms with Crippen LogP contribution in [0.5, 0.6) is 5.88 Å². The maximum atomic E-state index is 12.1. The summed E-state index contributed by atoms with van der Waals surface area (Å²) < 4.78 is 36.2. The van der Waals surface area contributed by atoms with Gasteiger partial charge in [-0.15, -0.1) is 0 Å².